The van der Waals surface area contributed by atoms with Crippen LogP contribution >= 0.6 is 24.0 Å². The number of aryl methyl sites for hydroxylation is 1. The van der Waals surface area contributed by atoms with Crippen molar-refractivity contribution < 1.29 is 4.79 Å². The van der Waals surface area contributed by atoms with Crippen molar-refractivity contribution in [3.8, 4) is 0 Å². The molecular formula is C25H24N4O2S2. The number of amides is 1. The Morgan fingerprint density at radius 1 is 1.09 bits per heavy atom. The number of fused-ring (bicyclic) bond motifs is 1. The Kier molecular flexibility index (Phi) is 5.80. The van der Waals surface area contributed by atoms with Gasteiger partial charge in [-0.25, -0.2) is 4.98 Å². The summed E-state index contributed by atoms with van der Waals surface area (Å²) in [5.41, 5.74) is 2.85. The molecule has 2 aromatic heterocycles. The molecule has 6 nitrogen and oxygen atoms in total. The molecule has 2 aliphatic heterocycles. The van der Waals surface area contributed by atoms with Crippen molar-refractivity contribution >= 4 is 51.7 Å². The van der Waals surface area contributed by atoms with E-state index in [2.05, 4.69) is 4.90 Å². The normalized spacial score (nSPS) is 18.7. The van der Waals surface area contributed by atoms with E-state index in [1.165, 1.54) is 11.8 Å². The van der Waals surface area contributed by atoms with Crippen LogP contribution in [0.5, 0.6) is 0 Å². The Labute approximate surface area is 201 Å². The van der Waals surface area contributed by atoms with Crippen molar-refractivity contribution in [2.45, 2.75) is 32.7 Å². The molecule has 0 radical (unpaired) electrons. The van der Waals surface area contributed by atoms with Crippen LogP contribution in [0.1, 0.15) is 42.5 Å². The second-order valence-electron chi connectivity index (χ2n) is 8.37. The Morgan fingerprint density at radius 2 is 1.82 bits per heavy atom. The summed E-state index contributed by atoms with van der Waals surface area (Å²) in [4.78, 5) is 36.1. The smallest absolute Gasteiger partial charge is 0.267 e. The number of rotatable bonds is 4. The van der Waals surface area contributed by atoms with Crippen molar-refractivity contribution in [2.24, 2.45) is 0 Å². The molecule has 0 saturated carbocycles. The van der Waals surface area contributed by atoms with Crippen LogP contribution in [-0.2, 0) is 4.79 Å². The third kappa shape index (κ3) is 3.87. The molecule has 33 heavy (non-hydrogen) atoms. The fourth-order valence-corrected chi connectivity index (χ4v) is 5.82. The molecule has 0 aliphatic carbocycles. The SMILES string of the molecule is Cc1cccn2c(=O)c(/C=C3\SC(=S)N(C(C)c4ccccc4)C3=O)c(N3CCCC3)nc12. The van der Waals surface area contributed by atoms with Crippen molar-refractivity contribution in [1.82, 2.24) is 14.3 Å². The average Bonchev–Trinajstić information content (AvgIpc) is 3.44. The van der Waals surface area contributed by atoms with Gasteiger partial charge in [-0.05, 0) is 50.0 Å². The largest absolute Gasteiger partial charge is 0.356 e. The molecule has 1 amide bonds. The highest BCUT2D eigenvalue weighted by molar-refractivity contribution is 8.26. The van der Waals surface area contributed by atoms with Crippen molar-refractivity contribution in [2.75, 3.05) is 18.0 Å². The maximum atomic E-state index is 13.6. The zero-order chi connectivity index (χ0) is 23.1. The molecule has 2 aliphatic rings. The maximum absolute atomic E-state index is 13.6. The summed E-state index contributed by atoms with van der Waals surface area (Å²) in [7, 11) is 0. The number of benzene rings is 1. The Balaban J connectivity index is 1.61. The van der Waals surface area contributed by atoms with Gasteiger partial charge < -0.3 is 4.90 Å². The fourth-order valence-electron chi connectivity index (χ4n) is 4.42. The van der Waals surface area contributed by atoms with E-state index in [4.69, 9.17) is 17.2 Å². The van der Waals surface area contributed by atoms with Gasteiger partial charge in [0.25, 0.3) is 11.5 Å². The van der Waals surface area contributed by atoms with Crippen molar-refractivity contribution in [1.29, 1.82) is 0 Å². The van der Waals surface area contributed by atoms with Crippen LogP contribution in [0, 0.1) is 6.92 Å². The first kappa shape index (κ1) is 21.9. The fraction of sp³-hybridized carbons (Fsp3) is 0.280. The Hall–Kier alpha value is -2.97. The highest BCUT2D eigenvalue weighted by Gasteiger charge is 2.36. The lowest BCUT2D eigenvalue weighted by Gasteiger charge is -2.23. The van der Waals surface area contributed by atoms with E-state index in [0.717, 1.165) is 37.1 Å². The summed E-state index contributed by atoms with van der Waals surface area (Å²) in [5, 5.41) is 0. The monoisotopic (exact) mass is 476 g/mol. The minimum atomic E-state index is -0.193. The highest BCUT2D eigenvalue weighted by Crippen LogP contribution is 2.38. The number of carbonyl (C=O) groups excluding carboxylic acids is 1. The predicted octanol–water partition coefficient (Wildman–Crippen LogP) is 4.57. The summed E-state index contributed by atoms with van der Waals surface area (Å²) in [6.45, 7) is 5.61. The van der Waals surface area contributed by atoms with Gasteiger partial charge in [0.05, 0.1) is 16.5 Å². The molecule has 4 heterocycles. The minimum Gasteiger partial charge on any atom is -0.356 e. The first-order chi connectivity index (χ1) is 16.0. The number of aromatic nitrogens is 2. The van der Waals surface area contributed by atoms with Crippen LogP contribution in [0.15, 0.2) is 58.4 Å². The molecule has 0 spiro atoms. The van der Waals surface area contributed by atoms with Crippen molar-refractivity contribution in [3.63, 3.8) is 0 Å². The summed E-state index contributed by atoms with van der Waals surface area (Å²) in [5.74, 6) is 0.468. The summed E-state index contributed by atoms with van der Waals surface area (Å²) >= 11 is 6.81. The van der Waals surface area contributed by atoms with E-state index in [0.29, 0.717) is 26.3 Å². The van der Waals surface area contributed by atoms with E-state index in [1.807, 2.05) is 56.3 Å². The molecule has 1 atom stereocenters. The van der Waals surface area contributed by atoms with Gasteiger partial charge in [-0.15, -0.1) is 0 Å². The maximum Gasteiger partial charge on any atom is 0.267 e. The summed E-state index contributed by atoms with van der Waals surface area (Å²) in [6, 6.07) is 13.4. The highest BCUT2D eigenvalue weighted by atomic mass is 32.2. The van der Waals surface area contributed by atoms with Gasteiger partial charge in [-0.1, -0.05) is 60.4 Å². The molecule has 0 N–H and O–H groups in total. The Morgan fingerprint density at radius 3 is 2.55 bits per heavy atom. The minimum absolute atomic E-state index is 0.174. The number of carbonyl (C=O) groups is 1. The average molecular weight is 477 g/mol. The van der Waals surface area contributed by atoms with Crippen LogP contribution in [0.2, 0.25) is 0 Å². The first-order valence-electron chi connectivity index (χ1n) is 11.0. The topological polar surface area (TPSA) is 57.9 Å². The second-order valence-corrected chi connectivity index (χ2v) is 10.0. The van der Waals surface area contributed by atoms with E-state index in [9.17, 15) is 9.59 Å². The predicted molar refractivity (Wildman–Crippen MR) is 138 cm³/mol. The second kappa shape index (κ2) is 8.76. The third-order valence-electron chi connectivity index (χ3n) is 6.24. The van der Waals surface area contributed by atoms with E-state index in [-0.39, 0.29) is 17.5 Å². The molecule has 8 heteroatoms. The summed E-state index contributed by atoms with van der Waals surface area (Å²) in [6.07, 6.45) is 5.54. The van der Waals surface area contributed by atoms with Gasteiger partial charge in [0.1, 0.15) is 15.8 Å². The first-order valence-corrected chi connectivity index (χ1v) is 12.3. The zero-order valence-electron chi connectivity index (χ0n) is 18.5. The van der Waals surface area contributed by atoms with Crippen LogP contribution in [0.25, 0.3) is 11.7 Å². The third-order valence-corrected chi connectivity index (χ3v) is 7.57. The number of pyridine rings is 1. The number of thioether (sulfide) groups is 1. The van der Waals surface area contributed by atoms with Gasteiger partial charge in [-0.2, -0.15) is 0 Å². The molecule has 5 rings (SSSR count). The molecule has 2 fully saturated rings. The Bertz CT molecular complexity index is 1340. The van der Waals surface area contributed by atoms with Gasteiger partial charge in [0.2, 0.25) is 0 Å². The van der Waals surface area contributed by atoms with Crippen LogP contribution in [-0.4, -0.2) is 37.6 Å². The van der Waals surface area contributed by atoms with E-state index in [1.54, 1.807) is 21.6 Å². The molecule has 168 valence electrons. The van der Waals surface area contributed by atoms with Crippen LogP contribution < -0.4 is 10.5 Å². The number of hydrogen-bond donors (Lipinski definition) is 0. The van der Waals surface area contributed by atoms with Gasteiger partial charge >= 0.3 is 0 Å². The number of anilines is 1. The van der Waals surface area contributed by atoms with Crippen LogP contribution in [0.4, 0.5) is 5.82 Å². The quantitative estimate of drug-likeness (QED) is 0.406. The van der Waals surface area contributed by atoms with Crippen LogP contribution in [0.3, 0.4) is 0 Å². The lowest BCUT2D eigenvalue weighted by Crippen LogP contribution is -2.31. The molecule has 1 aromatic carbocycles. The standard InChI is InChI=1S/C25H24N4O2S2/c1-16-9-8-14-28-21(16)26-22(27-12-6-7-13-27)19(23(28)30)15-20-24(31)29(25(32)33-20)17(2)18-10-4-3-5-11-18/h3-5,8-11,14-15,17H,6-7,12-13H2,1-2H3/b20-15-. The molecule has 3 aromatic rings. The summed E-state index contributed by atoms with van der Waals surface area (Å²) < 4.78 is 2.06. The van der Waals surface area contributed by atoms with E-state index < -0.39 is 0 Å². The molecular weight excluding hydrogens is 452 g/mol. The lowest BCUT2D eigenvalue weighted by molar-refractivity contribution is -0.123. The molecule has 0 bridgehead atoms. The number of nitrogens with zero attached hydrogens (tertiary/aromatic N) is 4. The number of thiocarbonyl (C=S) groups is 1. The van der Waals surface area contributed by atoms with E-state index >= 15 is 0 Å². The van der Waals surface area contributed by atoms with Gasteiger partial charge in [-0.3, -0.25) is 18.9 Å². The molecule has 2 saturated heterocycles. The van der Waals surface area contributed by atoms with Crippen molar-refractivity contribution in [3.05, 3.63) is 80.6 Å². The zero-order valence-corrected chi connectivity index (χ0v) is 20.2. The van der Waals surface area contributed by atoms with Gasteiger partial charge in [0.15, 0.2) is 0 Å². The number of hydrogen-bond acceptors (Lipinski definition) is 6. The van der Waals surface area contributed by atoms with Gasteiger partial charge in [0, 0.05) is 19.3 Å². The lowest BCUT2D eigenvalue weighted by atomic mass is 10.1. The molecule has 1 unspecified atom stereocenters.